The third-order valence-corrected chi connectivity index (χ3v) is 4.91. The van der Waals surface area contributed by atoms with Gasteiger partial charge in [0, 0.05) is 16.5 Å². The summed E-state index contributed by atoms with van der Waals surface area (Å²) in [6.07, 6.45) is 0. The Labute approximate surface area is 151 Å². The number of nitrogens with one attached hydrogen (secondary N) is 1. The van der Waals surface area contributed by atoms with Gasteiger partial charge >= 0.3 is 0 Å². The van der Waals surface area contributed by atoms with Gasteiger partial charge in [-0.2, -0.15) is 0 Å². The van der Waals surface area contributed by atoms with Gasteiger partial charge < -0.3 is 14.8 Å². The van der Waals surface area contributed by atoms with Gasteiger partial charge in [-0.3, -0.25) is 4.79 Å². The molecule has 1 amide bonds. The molecule has 0 spiro atoms. The number of carbonyl (C=O) groups excluding carboxylic acids is 1. The van der Waals surface area contributed by atoms with Crippen LogP contribution in [-0.2, 0) is 11.3 Å². The lowest BCUT2D eigenvalue weighted by atomic mass is 10.2. The van der Waals surface area contributed by atoms with Crippen molar-refractivity contribution in [1.82, 2.24) is 5.32 Å². The molecule has 128 valence electrons. The quantitative estimate of drug-likeness (QED) is 0.748. The Bertz CT molecular complexity index is 708. The minimum atomic E-state index is -0.245. The number of halogens is 1. The molecule has 0 heterocycles. The molecule has 4 nitrogen and oxygen atoms in total. The molecule has 0 unspecified atom stereocenters. The summed E-state index contributed by atoms with van der Waals surface area (Å²) in [6.45, 7) is 2.28. The second-order valence-electron chi connectivity index (χ2n) is 5.09. The van der Waals surface area contributed by atoms with Crippen LogP contribution in [0.4, 0.5) is 0 Å². The number of rotatable bonds is 7. The molecule has 2 aromatic carbocycles. The normalized spacial score (nSPS) is 11.7. The van der Waals surface area contributed by atoms with Crippen molar-refractivity contribution in [3.8, 4) is 11.5 Å². The summed E-state index contributed by atoms with van der Waals surface area (Å²) >= 11 is 7.56. The molecule has 1 atom stereocenters. The lowest BCUT2D eigenvalue weighted by Crippen LogP contribution is -2.30. The van der Waals surface area contributed by atoms with E-state index >= 15 is 0 Å². The van der Waals surface area contributed by atoms with Crippen molar-refractivity contribution in [1.29, 1.82) is 0 Å². The molecule has 0 saturated heterocycles. The second-order valence-corrected chi connectivity index (χ2v) is 6.91. The van der Waals surface area contributed by atoms with Gasteiger partial charge in [-0.15, -0.1) is 11.8 Å². The fraction of sp³-hybridized carbons (Fsp3) is 0.278. The smallest absolute Gasteiger partial charge is 0.233 e. The van der Waals surface area contributed by atoms with Crippen LogP contribution in [0.1, 0.15) is 12.5 Å². The van der Waals surface area contributed by atoms with Crippen LogP contribution >= 0.6 is 23.4 Å². The number of carbonyl (C=O) groups is 1. The fourth-order valence-electron chi connectivity index (χ4n) is 2.12. The lowest BCUT2D eigenvalue weighted by molar-refractivity contribution is -0.120. The predicted octanol–water partition coefficient (Wildman–Crippen LogP) is 4.15. The number of hydrogen-bond acceptors (Lipinski definition) is 4. The SMILES string of the molecule is COc1ccc(S[C@@H](C)C(=O)NCc2ccccc2Cl)cc1OC. The van der Waals surface area contributed by atoms with E-state index < -0.39 is 0 Å². The molecule has 2 aromatic rings. The van der Waals surface area contributed by atoms with Crippen molar-refractivity contribution >= 4 is 29.3 Å². The predicted molar refractivity (Wildman–Crippen MR) is 98.2 cm³/mol. The topological polar surface area (TPSA) is 47.6 Å². The van der Waals surface area contributed by atoms with Crippen LogP contribution in [0.3, 0.4) is 0 Å². The van der Waals surface area contributed by atoms with Gasteiger partial charge in [-0.25, -0.2) is 0 Å². The fourth-order valence-corrected chi connectivity index (χ4v) is 3.24. The van der Waals surface area contributed by atoms with E-state index in [4.69, 9.17) is 21.1 Å². The highest BCUT2D eigenvalue weighted by molar-refractivity contribution is 8.00. The lowest BCUT2D eigenvalue weighted by Gasteiger charge is -2.14. The van der Waals surface area contributed by atoms with Crippen molar-refractivity contribution in [2.24, 2.45) is 0 Å². The standard InChI is InChI=1S/C18H20ClNO3S/c1-12(18(21)20-11-13-6-4-5-7-15(13)19)24-14-8-9-16(22-2)17(10-14)23-3/h4-10,12H,11H2,1-3H3,(H,20,21)/t12-/m0/s1. The zero-order valence-electron chi connectivity index (χ0n) is 13.8. The molecule has 0 aromatic heterocycles. The molecule has 24 heavy (non-hydrogen) atoms. The summed E-state index contributed by atoms with van der Waals surface area (Å²) in [5.41, 5.74) is 0.899. The van der Waals surface area contributed by atoms with E-state index in [1.165, 1.54) is 11.8 Å². The Kier molecular flexibility index (Phi) is 6.82. The zero-order valence-corrected chi connectivity index (χ0v) is 15.4. The molecule has 1 N–H and O–H groups in total. The van der Waals surface area contributed by atoms with Crippen molar-refractivity contribution in [2.45, 2.75) is 23.6 Å². The van der Waals surface area contributed by atoms with Crippen LogP contribution in [0.25, 0.3) is 0 Å². The molecular weight excluding hydrogens is 346 g/mol. The van der Waals surface area contributed by atoms with Crippen molar-refractivity contribution < 1.29 is 14.3 Å². The minimum absolute atomic E-state index is 0.0466. The third kappa shape index (κ3) is 4.82. The average molecular weight is 366 g/mol. The number of thioether (sulfide) groups is 1. The Hall–Kier alpha value is -1.85. The monoisotopic (exact) mass is 365 g/mol. The van der Waals surface area contributed by atoms with Gasteiger partial charge in [-0.05, 0) is 36.8 Å². The number of hydrogen-bond donors (Lipinski definition) is 1. The van der Waals surface area contributed by atoms with Crippen LogP contribution in [0.2, 0.25) is 5.02 Å². The number of methoxy groups -OCH3 is 2. The molecule has 0 radical (unpaired) electrons. The van der Waals surface area contributed by atoms with Gasteiger partial charge in [0.15, 0.2) is 11.5 Å². The van der Waals surface area contributed by atoms with Crippen molar-refractivity contribution in [3.63, 3.8) is 0 Å². The van der Waals surface area contributed by atoms with Gasteiger partial charge in [-0.1, -0.05) is 29.8 Å². The zero-order chi connectivity index (χ0) is 17.5. The van der Waals surface area contributed by atoms with Crippen LogP contribution in [0, 0.1) is 0 Å². The summed E-state index contributed by atoms with van der Waals surface area (Å²) in [4.78, 5) is 13.2. The van der Waals surface area contributed by atoms with Crippen LogP contribution in [0.5, 0.6) is 11.5 Å². The van der Waals surface area contributed by atoms with Crippen LogP contribution in [-0.4, -0.2) is 25.4 Å². The highest BCUT2D eigenvalue weighted by Crippen LogP contribution is 2.33. The molecule has 0 saturated carbocycles. The largest absolute Gasteiger partial charge is 0.493 e. The molecule has 0 aliphatic carbocycles. The number of benzene rings is 2. The van der Waals surface area contributed by atoms with E-state index in [2.05, 4.69) is 5.32 Å². The molecular formula is C18H20ClNO3S. The maximum atomic E-state index is 12.3. The first kappa shape index (κ1) is 18.5. The first-order valence-electron chi connectivity index (χ1n) is 7.45. The maximum Gasteiger partial charge on any atom is 0.233 e. The first-order chi connectivity index (χ1) is 11.5. The second kappa shape index (κ2) is 8.85. The van der Waals surface area contributed by atoms with Gasteiger partial charge in [0.25, 0.3) is 0 Å². The maximum absolute atomic E-state index is 12.3. The Morgan fingerprint density at radius 2 is 1.88 bits per heavy atom. The third-order valence-electron chi connectivity index (χ3n) is 3.45. The molecule has 0 bridgehead atoms. The first-order valence-corrected chi connectivity index (χ1v) is 8.70. The number of ether oxygens (including phenoxy) is 2. The molecule has 6 heteroatoms. The Morgan fingerprint density at radius 1 is 1.17 bits per heavy atom. The van der Waals surface area contributed by atoms with E-state index in [0.717, 1.165) is 10.5 Å². The van der Waals surface area contributed by atoms with E-state index in [1.54, 1.807) is 14.2 Å². The van der Waals surface area contributed by atoms with Crippen molar-refractivity contribution in [2.75, 3.05) is 14.2 Å². The Morgan fingerprint density at radius 3 is 2.54 bits per heavy atom. The van der Waals surface area contributed by atoms with E-state index in [1.807, 2.05) is 49.4 Å². The summed E-state index contributed by atoms with van der Waals surface area (Å²) in [6, 6.07) is 13.1. The van der Waals surface area contributed by atoms with Gasteiger partial charge in [0.2, 0.25) is 5.91 Å². The van der Waals surface area contributed by atoms with Crippen LogP contribution in [0.15, 0.2) is 47.4 Å². The average Bonchev–Trinajstić information content (AvgIpc) is 2.60. The molecule has 2 rings (SSSR count). The molecule has 0 fully saturated rings. The minimum Gasteiger partial charge on any atom is -0.493 e. The van der Waals surface area contributed by atoms with Crippen molar-refractivity contribution in [3.05, 3.63) is 53.1 Å². The summed E-state index contributed by atoms with van der Waals surface area (Å²) in [7, 11) is 3.18. The Balaban J connectivity index is 1.95. The number of amides is 1. The van der Waals surface area contributed by atoms with Gasteiger partial charge in [0.05, 0.1) is 19.5 Å². The summed E-state index contributed by atoms with van der Waals surface area (Å²) in [5.74, 6) is 1.26. The molecule has 0 aliphatic rings. The van der Waals surface area contributed by atoms with E-state index in [9.17, 15) is 4.79 Å². The molecule has 0 aliphatic heterocycles. The summed E-state index contributed by atoms with van der Waals surface area (Å²) < 4.78 is 10.5. The van der Waals surface area contributed by atoms with E-state index in [-0.39, 0.29) is 11.2 Å². The highest BCUT2D eigenvalue weighted by atomic mass is 35.5. The van der Waals surface area contributed by atoms with Gasteiger partial charge in [0.1, 0.15) is 0 Å². The van der Waals surface area contributed by atoms with Crippen LogP contribution < -0.4 is 14.8 Å². The summed E-state index contributed by atoms with van der Waals surface area (Å²) in [5, 5.41) is 3.32. The highest BCUT2D eigenvalue weighted by Gasteiger charge is 2.15. The van der Waals surface area contributed by atoms with E-state index in [0.29, 0.717) is 23.1 Å².